The fraction of sp³-hybridized carbons (Fsp3) is 0.300. The van der Waals surface area contributed by atoms with Crippen LogP contribution in [0.3, 0.4) is 0 Å². The third-order valence-corrected chi connectivity index (χ3v) is 4.82. The number of halogens is 5. The molecule has 17 heavy (non-hydrogen) atoms. The quantitative estimate of drug-likeness (QED) is 0.633. The van der Waals surface area contributed by atoms with E-state index < -0.39 is 22.1 Å². The van der Waals surface area contributed by atoms with Crippen molar-refractivity contribution >= 4 is 64.0 Å². The zero-order valence-corrected chi connectivity index (χ0v) is 11.8. The Hall–Kier alpha value is 0.140. The molecule has 1 aliphatic rings. The number of carboxylic acid groups (broad SMARTS) is 1. The Balaban J connectivity index is 2.41. The zero-order chi connectivity index (χ0) is 13.0. The lowest BCUT2D eigenvalue weighted by atomic mass is 10.1. The summed E-state index contributed by atoms with van der Waals surface area (Å²) in [5, 5.41) is 9.66. The van der Waals surface area contributed by atoms with Gasteiger partial charge < -0.3 is 5.11 Å². The topological polar surface area (TPSA) is 37.3 Å². The van der Waals surface area contributed by atoms with Crippen molar-refractivity contribution in [2.75, 3.05) is 0 Å². The Morgan fingerprint density at radius 2 is 1.65 bits per heavy atom. The summed E-state index contributed by atoms with van der Waals surface area (Å²) in [6.45, 7) is 0. The third-order valence-electron chi connectivity index (χ3n) is 2.68. The van der Waals surface area contributed by atoms with Crippen molar-refractivity contribution in [2.45, 2.75) is 10.3 Å². The molecular weight excluding hydrogens is 329 g/mol. The molecule has 1 fully saturated rings. The van der Waals surface area contributed by atoms with Crippen molar-refractivity contribution in [3.05, 3.63) is 32.8 Å². The van der Waals surface area contributed by atoms with Crippen LogP contribution >= 0.6 is 58.0 Å². The number of alkyl halides is 2. The van der Waals surface area contributed by atoms with Crippen molar-refractivity contribution in [3.8, 4) is 0 Å². The molecule has 0 amide bonds. The van der Waals surface area contributed by atoms with Gasteiger partial charge in [0, 0.05) is 5.92 Å². The Bertz CT molecular complexity index is 476. The molecule has 2 nitrogen and oxygen atoms in total. The first-order valence-corrected chi connectivity index (χ1v) is 6.41. The molecule has 1 unspecified atom stereocenters. The van der Waals surface area contributed by atoms with Crippen LogP contribution < -0.4 is 0 Å². The van der Waals surface area contributed by atoms with Crippen molar-refractivity contribution < 1.29 is 9.90 Å². The maximum Gasteiger partial charge on any atom is 0.310 e. The zero-order valence-electron chi connectivity index (χ0n) is 8.05. The average Bonchev–Trinajstić information content (AvgIpc) is 2.77. The molecule has 0 saturated heterocycles. The van der Waals surface area contributed by atoms with E-state index in [1.807, 2.05) is 0 Å². The minimum absolute atomic E-state index is 0.222. The van der Waals surface area contributed by atoms with Crippen LogP contribution in [0.1, 0.15) is 11.5 Å². The summed E-state index contributed by atoms with van der Waals surface area (Å²) in [6, 6.07) is 3.06. The Morgan fingerprint density at radius 1 is 1.18 bits per heavy atom. The van der Waals surface area contributed by atoms with Gasteiger partial charge in [0.15, 0.2) is 0 Å². The van der Waals surface area contributed by atoms with Gasteiger partial charge in [-0.3, -0.25) is 4.79 Å². The summed E-state index contributed by atoms with van der Waals surface area (Å²) in [5.41, 5.74) is 0.571. The first-order valence-electron chi connectivity index (χ1n) is 4.52. The normalized spacial score (nSPS) is 25.7. The molecule has 0 spiro atoms. The second kappa shape index (κ2) is 4.36. The van der Waals surface area contributed by atoms with E-state index in [-0.39, 0.29) is 15.1 Å². The highest BCUT2D eigenvalue weighted by molar-refractivity contribution is 6.53. The molecule has 7 heteroatoms. The highest BCUT2D eigenvalue weighted by Crippen LogP contribution is 2.65. The molecule has 0 heterocycles. The second-order valence-electron chi connectivity index (χ2n) is 3.77. The van der Waals surface area contributed by atoms with Gasteiger partial charge in [-0.1, -0.05) is 58.0 Å². The number of benzene rings is 1. The van der Waals surface area contributed by atoms with Gasteiger partial charge in [0.1, 0.15) is 4.33 Å². The van der Waals surface area contributed by atoms with Gasteiger partial charge in [0.05, 0.1) is 21.0 Å². The van der Waals surface area contributed by atoms with Gasteiger partial charge in [-0.25, -0.2) is 0 Å². The fourth-order valence-electron chi connectivity index (χ4n) is 1.80. The molecule has 2 rings (SSSR count). The van der Waals surface area contributed by atoms with Crippen LogP contribution in [-0.4, -0.2) is 15.4 Å². The third kappa shape index (κ3) is 2.22. The van der Waals surface area contributed by atoms with Gasteiger partial charge in [0.25, 0.3) is 0 Å². The van der Waals surface area contributed by atoms with E-state index >= 15 is 0 Å². The first kappa shape index (κ1) is 13.6. The minimum Gasteiger partial charge on any atom is -0.481 e. The Labute approximate surface area is 122 Å². The number of carboxylic acids is 1. The van der Waals surface area contributed by atoms with Gasteiger partial charge in [0.2, 0.25) is 0 Å². The van der Waals surface area contributed by atoms with Crippen molar-refractivity contribution in [1.29, 1.82) is 0 Å². The molecule has 1 N–H and O–H groups in total. The number of aliphatic carboxylic acids is 1. The van der Waals surface area contributed by atoms with Crippen LogP contribution in [0.5, 0.6) is 0 Å². The Morgan fingerprint density at radius 3 is 2.00 bits per heavy atom. The molecule has 92 valence electrons. The lowest BCUT2D eigenvalue weighted by molar-refractivity contribution is -0.138. The Kier molecular flexibility index (Phi) is 3.48. The van der Waals surface area contributed by atoms with E-state index in [0.29, 0.717) is 5.56 Å². The van der Waals surface area contributed by atoms with Gasteiger partial charge in [-0.15, -0.1) is 0 Å². The van der Waals surface area contributed by atoms with Crippen LogP contribution in [0.2, 0.25) is 15.1 Å². The molecule has 1 aromatic rings. The second-order valence-corrected chi connectivity index (χ2v) is 6.40. The van der Waals surface area contributed by atoms with Crippen LogP contribution in [0.25, 0.3) is 0 Å². The van der Waals surface area contributed by atoms with Crippen LogP contribution in [-0.2, 0) is 4.79 Å². The SMILES string of the molecule is O=C(O)C1[C@H](c2cc(Cl)c(Cl)c(Cl)c2)C1(Cl)Cl. The van der Waals surface area contributed by atoms with Gasteiger partial charge in [-0.05, 0) is 17.7 Å². The molecule has 1 saturated carbocycles. The number of hydrogen-bond donors (Lipinski definition) is 1. The summed E-state index contributed by atoms with van der Waals surface area (Å²) in [6.07, 6.45) is 0. The molecule has 0 aliphatic heterocycles. The van der Waals surface area contributed by atoms with Crippen molar-refractivity contribution in [2.24, 2.45) is 5.92 Å². The number of carbonyl (C=O) groups is 1. The summed E-state index contributed by atoms with van der Waals surface area (Å²) >= 11 is 29.3. The van der Waals surface area contributed by atoms with E-state index in [2.05, 4.69) is 0 Å². The van der Waals surface area contributed by atoms with Crippen LogP contribution in [0.15, 0.2) is 12.1 Å². The van der Waals surface area contributed by atoms with Crippen LogP contribution in [0.4, 0.5) is 0 Å². The van der Waals surface area contributed by atoms with E-state index in [1.165, 1.54) is 12.1 Å². The molecule has 0 radical (unpaired) electrons. The predicted octanol–water partition coefficient (Wildman–Crippen LogP) is 4.62. The minimum atomic E-state index is -1.33. The molecule has 1 aliphatic carbocycles. The van der Waals surface area contributed by atoms with Crippen LogP contribution in [0, 0.1) is 5.92 Å². The molecule has 0 bridgehead atoms. The highest BCUT2D eigenvalue weighted by Gasteiger charge is 2.68. The fourth-order valence-corrected chi connectivity index (χ4v) is 3.23. The van der Waals surface area contributed by atoms with Crippen molar-refractivity contribution in [3.63, 3.8) is 0 Å². The summed E-state index contributed by atoms with van der Waals surface area (Å²) in [7, 11) is 0. The van der Waals surface area contributed by atoms with Gasteiger partial charge >= 0.3 is 5.97 Å². The lowest BCUT2D eigenvalue weighted by Crippen LogP contribution is -2.03. The number of rotatable bonds is 2. The first-order chi connectivity index (χ1) is 7.76. The molecular formula is C10H5Cl5O2. The highest BCUT2D eigenvalue weighted by atomic mass is 35.5. The monoisotopic (exact) mass is 332 g/mol. The van der Waals surface area contributed by atoms with Gasteiger partial charge in [-0.2, -0.15) is 0 Å². The molecule has 0 aromatic heterocycles. The van der Waals surface area contributed by atoms with E-state index in [9.17, 15) is 4.79 Å². The maximum atomic E-state index is 10.9. The van der Waals surface area contributed by atoms with Crippen molar-refractivity contribution in [1.82, 2.24) is 0 Å². The lowest BCUT2D eigenvalue weighted by Gasteiger charge is -2.04. The summed E-state index contributed by atoms with van der Waals surface area (Å²) in [4.78, 5) is 10.9. The van der Waals surface area contributed by atoms with E-state index in [4.69, 9.17) is 63.1 Å². The van der Waals surface area contributed by atoms with E-state index in [0.717, 1.165) is 0 Å². The standard InChI is InChI=1S/C10H5Cl5O2/c11-4-1-3(2-5(12)8(4)13)6-7(9(16)17)10(6,14)15/h1-2,6-7H,(H,16,17)/t6-,7?/m0/s1. The average molecular weight is 334 g/mol. The molecule has 1 aromatic carbocycles. The largest absolute Gasteiger partial charge is 0.481 e. The maximum absolute atomic E-state index is 10.9. The smallest absolute Gasteiger partial charge is 0.310 e. The van der Waals surface area contributed by atoms with E-state index in [1.54, 1.807) is 0 Å². The predicted molar refractivity (Wildman–Crippen MR) is 69.8 cm³/mol. The summed E-state index contributed by atoms with van der Waals surface area (Å²) in [5.74, 6) is -2.45. The summed E-state index contributed by atoms with van der Waals surface area (Å²) < 4.78 is -1.33. The molecule has 2 atom stereocenters. The number of hydrogen-bond acceptors (Lipinski definition) is 1.